The van der Waals surface area contributed by atoms with E-state index in [1.165, 1.54) is 25.3 Å². The van der Waals surface area contributed by atoms with Crippen molar-refractivity contribution in [2.24, 2.45) is 0 Å². The molecule has 7 heteroatoms. The van der Waals surface area contributed by atoms with E-state index in [4.69, 9.17) is 10.5 Å². The third kappa shape index (κ3) is 3.36. The first kappa shape index (κ1) is 15.0. The molecule has 2 aromatic rings. The van der Waals surface area contributed by atoms with Gasteiger partial charge in [-0.15, -0.1) is 0 Å². The number of anilines is 3. The number of alkyl halides is 3. The van der Waals surface area contributed by atoms with E-state index in [1.54, 1.807) is 0 Å². The van der Waals surface area contributed by atoms with Gasteiger partial charge in [-0.3, -0.25) is 0 Å². The predicted molar refractivity (Wildman–Crippen MR) is 72.1 cm³/mol. The number of methoxy groups -OCH3 is 1. The highest BCUT2D eigenvalue weighted by molar-refractivity contribution is 5.68. The van der Waals surface area contributed by atoms with Gasteiger partial charge in [-0.05, 0) is 30.3 Å². The Bertz CT molecular complexity index is 656. The van der Waals surface area contributed by atoms with Crippen LogP contribution in [0, 0.1) is 5.82 Å². The van der Waals surface area contributed by atoms with Crippen molar-refractivity contribution in [1.82, 2.24) is 0 Å². The summed E-state index contributed by atoms with van der Waals surface area (Å²) >= 11 is 0. The van der Waals surface area contributed by atoms with Crippen LogP contribution < -0.4 is 15.8 Å². The minimum Gasteiger partial charge on any atom is -0.497 e. The molecule has 0 radical (unpaired) electrons. The lowest BCUT2D eigenvalue weighted by Crippen LogP contribution is -2.10. The molecule has 2 aromatic carbocycles. The lowest BCUT2D eigenvalue weighted by Gasteiger charge is -2.16. The van der Waals surface area contributed by atoms with Crippen LogP contribution in [0.25, 0.3) is 0 Å². The summed E-state index contributed by atoms with van der Waals surface area (Å²) in [6.45, 7) is 0. The minimum absolute atomic E-state index is 0.0287. The van der Waals surface area contributed by atoms with E-state index in [1.807, 2.05) is 0 Å². The number of ether oxygens (including phenoxy) is 1. The van der Waals surface area contributed by atoms with Crippen LogP contribution in [0.3, 0.4) is 0 Å². The molecule has 0 aliphatic heterocycles. The van der Waals surface area contributed by atoms with Crippen LogP contribution in [-0.4, -0.2) is 7.11 Å². The molecule has 112 valence electrons. The van der Waals surface area contributed by atoms with Gasteiger partial charge in [0.05, 0.1) is 24.0 Å². The monoisotopic (exact) mass is 300 g/mol. The number of halogens is 4. The lowest BCUT2D eigenvalue weighted by atomic mass is 10.1. The summed E-state index contributed by atoms with van der Waals surface area (Å²) in [6, 6.07) is 6.98. The van der Waals surface area contributed by atoms with Crippen LogP contribution in [0.15, 0.2) is 36.4 Å². The average Bonchev–Trinajstić information content (AvgIpc) is 2.42. The van der Waals surface area contributed by atoms with E-state index in [9.17, 15) is 17.6 Å². The Labute approximate surface area is 118 Å². The summed E-state index contributed by atoms with van der Waals surface area (Å²) in [7, 11) is 1.38. The molecule has 21 heavy (non-hydrogen) atoms. The standard InChI is InChI=1S/C14H12F4N2O/c1-21-9-3-4-11(15)13(7-9)20-12-5-2-8(19)6-10(12)14(16,17)18/h2-7,20H,19H2,1H3. The molecule has 0 fully saturated rings. The summed E-state index contributed by atoms with van der Waals surface area (Å²) in [5.74, 6) is -0.372. The van der Waals surface area contributed by atoms with Gasteiger partial charge < -0.3 is 15.8 Å². The lowest BCUT2D eigenvalue weighted by molar-refractivity contribution is -0.136. The van der Waals surface area contributed by atoms with Crippen LogP contribution in [0.5, 0.6) is 5.75 Å². The van der Waals surface area contributed by atoms with Gasteiger partial charge in [-0.2, -0.15) is 13.2 Å². The van der Waals surface area contributed by atoms with Crippen LogP contribution in [0.2, 0.25) is 0 Å². The van der Waals surface area contributed by atoms with Crippen LogP contribution >= 0.6 is 0 Å². The van der Waals surface area contributed by atoms with Gasteiger partial charge in [0.15, 0.2) is 0 Å². The van der Waals surface area contributed by atoms with E-state index in [0.717, 1.165) is 18.2 Å². The molecule has 3 N–H and O–H groups in total. The van der Waals surface area contributed by atoms with E-state index < -0.39 is 17.6 Å². The van der Waals surface area contributed by atoms with Gasteiger partial charge in [0.2, 0.25) is 0 Å². The number of nitrogen functional groups attached to an aromatic ring is 1. The molecule has 0 saturated carbocycles. The molecule has 0 bridgehead atoms. The molecule has 0 unspecified atom stereocenters. The van der Waals surface area contributed by atoms with Crippen LogP contribution in [-0.2, 0) is 6.18 Å². The van der Waals surface area contributed by atoms with Crippen molar-refractivity contribution >= 4 is 17.1 Å². The topological polar surface area (TPSA) is 47.3 Å². The fourth-order valence-corrected chi connectivity index (χ4v) is 1.78. The number of nitrogens with one attached hydrogen (secondary N) is 1. The Balaban J connectivity index is 2.45. The summed E-state index contributed by atoms with van der Waals surface area (Å²) in [6.07, 6.45) is -4.60. The van der Waals surface area contributed by atoms with Gasteiger partial charge in [-0.1, -0.05) is 0 Å². The maximum atomic E-state index is 13.7. The van der Waals surface area contributed by atoms with E-state index in [-0.39, 0.29) is 17.1 Å². The maximum absolute atomic E-state index is 13.7. The smallest absolute Gasteiger partial charge is 0.418 e. The second-order valence-corrected chi connectivity index (χ2v) is 4.27. The zero-order valence-corrected chi connectivity index (χ0v) is 11.0. The van der Waals surface area contributed by atoms with Crippen molar-refractivity contribution < 1.29 is 22.3 Å². The Morgan fingerprint density at radius 3 is 2.38 bits per heavy atom. The molecule has 0 atom stereocenters. The third-order valence-electron chi connectivity index (χ3n) is 2.79. The van der Waals surface area contributed by atoms with Crippen molar-refractivity contribution in [3.63, 3.8) is 0 Å². The zero-order chi connectivity index (χ0) is 15.6. The Morgan fingerprint density at radius 2 is 1.76 bits per heavy atom. The number of hydrogen-bond donors (Lipinski definition) is 2. The molecule has 0 aliphatic rings. The summed E-state index contributed by atoms with van der Waals surface area (Å²) in [4.78, 5) is 0. The van der Waals surface area contributed by atoms with E-state index in [2.05, 4.69) is 5.32 Å². The van der Waals surface area contributed by atoms with Crippen molar-refractivity contribution in [3.8, 4) is 5.75 Å². The van der Waals surface area contributed by atoms with Crippen molar-refractivity contribution in [1.29, 1.82) is 0 Å². The predicted octanol–water partition coefficient (Wildman–Crippen LogP) is 4.18. The van der Waals surface area contributed by atoms with Crippen LogP contribution in [0.1, 0.15) is 5.56 Å². The Hall–Kier alpha value is -2.44. The number of rotatable bonds is 3. The quantitative estimate of drug-likeness (QED) is 0.660. The fourth-order valence-electron chi connectivity index (χ4n) is 1.78. The molecule has 0 heterocycles. The van der Waals surface area contributed by atoms with Gasteiger partial charge in [0, 0.05) is 11.8 Å². The highest BCUT2D eigenvalue weighted by Gasteiger charge is 2.34. The molecule has 0 aromatic heterocycles. The zero-order valence-electron chi connectivity index (χ0n) is 11.0. The Morgan fingerprint density at radius 1 is 1.05 bits per heavy atom. The van der Waals surface area contributed by atoms with Gasteiger partial charge >= 0.3 is 6.18 Å². The van der Waals surface area contributed by atoms with Crippen molar-refractivity contribution in [2.75, 3.05) is 18.2 Å². The number of hydrogen-bond acceptors (Lipinski definition) is 3. The fraction of sp³-hybridized carbons (Fsp3) is 0.143. The third-order valence-corrected chi connectivity index (χ3v) is 2.79. The molecule has 0 spiro atoms. The number of benzene rings is 2. The normalized spacial score (nSPS) is 11.3. The van der Waals surface area contributed by atoms with Crippen molar-refractivity contribution in [3.05, 3.63) is 47.8 Å². The molecule has 0 aliphatic carbocycles. The van der Waals surface area contributed by atoms with Crippen LogP contribution in [0.4, 0.5) is 34.6 Å². The van der Waals surface area contributed by atoms with Gasteiger partial charge in [0.25, 0.3) is 0 Å². The first-order valence-electron chi connectivity index (χ1n) is 5.88. The molecule has 0 saturated heterocycles. The largest absolute Gasteiger partial charge is 0.497 e. The SMILES string of the molecule is COc1ccc(F)c(Nc2ccc(N)cc2C(F)(F)F)c1. The summed E-state index contributed by atoms with van der Waals surface area (Å²) in [5, 5.41) is 2.42. The van der Waals surface area contributed by atoms with Crippen molar-refractivity contribution in [2.45, 2.75) is 6.18 Å². The maximum Gasteiger partial charge on any atom is 0.418 e. The highest BCUT2D eigenvalue weighted by atomic mass is 19.4. The average molecular weight is 300 g/mol. The van der Waals surface area contributed by atoms with E-state index in [0.29, 0.717) is 5.75 Å². The second kappa shape index (κ2) is 5.51. The van der Waals surface area contributed by atoms with E-state index >= 15 is 0 Å². The summed E-state index contributed by atoms with van der Waals surface area (Å²) in [5.41, 5.74) is 3.97. The summed E-state index contributed by atoms with van der Waals surface area (Å²) < 4.78 is 57.5. The van der Waals surface area contributed by atoms with Gasteiger partial charge in [0.1, 0.15) is 11.6 Å². The second-order valence-electron chi connectivity index (χ2n) is 4.27. The number of nitrogens with two attached hydrogens (primary N) is 1. The minimum atomic E-state index is -4.60. The molecule has 3 nitrogen and oxygen atoms in total. The molecular weight excluding hydrogens is 288 g/mol. The Kier molecular flexibility index (Phi) is 3.93. The first-order valence-corrected chi connectivity index (χ1v) is 5.88. The molecule has 2 rings (SSSR count). The molecular formula is C14H12F4N2O. The molecule has 0 amide bonds. The first-order chi connectivity index (χ1) is 9.81. The highest BCUT2D eigenvalue weighted by Crippen LogP contribution is 2.38. The van der Waals surface area contributed by atoms with Gasteiger partial charge in [-0.25, -0.2) is 4.39 Å².